The average Bonchev–Trinajstić information content (AvgIpc) is 2.86. The highest BCUT2D eigenvalue weighted by Gasteiger charge is 2.24. The second-order valence-corrected chi connectivity index (χ2v) is 4.94. The van der Waals surface area contributed by atoms with E-state index in [0.717, 1.165) is 28.4 Å². The normalized spacial score (nSPS) is 12.4. The van der Waals surface area contributed by atoms with Crippen molar-refractivity contribution in [3.8, 4) is 22.7 Å². The molecule has 2 heterocycles. The molecule has 1 aromatic heterocycles. The van der Waals surface area contributed by atoms with Crippen LogP contribution >= 0.6 is 0 Å². The van der Waals surface area contributed by atoms with Gasteiger partial charge in [0.25, 0.3) is 0 Å². The van der Waals surface area contributed by atoms with Crippen molar-refractivity contribution in [2.45, 2.75) is 13.5 Å². The van der Waals surface area contributed by atoms with Gasteiger partial charge in [-0.05, 0) is 31.2 Å². The lowest BCUT2D eigenvalue weighted by Crippen LogP contribution is -2.07. The van der Waals surface area contributed by atoms with Crippen LogP contribution in [0, 0.1) is 6.92 Å². The summed E-state index contributed by atoms with van der Waals surface area (Å²) in [6.07, 6.45) is 0. The predicted molar refractivity (Wildman–Crippen MR) is 78.1 cm³/mol. The number of rotatable bonds is 1. The first-order valence-electron chi connectivity index (χ1n) is 6.71. The van der Waals surface area contributed by atoms with Crippen LogP contribution in [0.1, 0.15) is 11.3 Å². The molecular formula is C17H14N2O. The topological polar surface area (TPSA) is 27.1 Å². The molecule has 3 nitrogen and oxygen atoms in total. The van der Waals surface area contributed by atoms with Gasteiger partial charge in [-0.25, -0.2) is 4.68 Å². The third kappa shape index (κ3) is 1.56. The maximum atomic E-state index is 5.83. The Labute approximate surface area is 117 Å². The molecule has 1 aliphatic rings. The molecule has 1 aliphatic heterocycles. The van der Waals surface area contributed by atoms with E-state index < -0.39 is 0 Å². The molecule has 0 spiro atoms. The largest absolute Gasteiger partial charge is 0.488 e. The van der Waals surface area contributed by atoms with Gasteiger partial charge in [0.2, 0.25) is 0 Å². The van der Waals surface area contributed by atoms with Gasteiger partial charge in [-0.3, -0.25) is 0 Å². The zero-order chi connectivity index (χ0) is 13.5. The van der Waals surface area contributed by atoms with Crippen molar-refractivity contribution < 1.29 is 4.74 Å². The smallest absolute Gasteiger partial charge is 0.129 e. The highest BCUT2D eigenvalue weighted by molar-refractivity contribution is 5.74. The van der Waals surface area contributed by atoms with Crippen LogP contribution < -0.4 is 4.74 Å². The molecule has 0 radical (unpaired) electrons. The first-order chi connectivity index (χ1) is 9.84. The maximum absolute atomic E-state index is 5.83. The van der Waals surface area contributed by atoms with E-state index in [9.17, 15) is 0 Å². The molecule has 98 valence electrons. The van der Waals surface area contributed by atoms with Crippen molar-refractivity contribution >= 4 is 0 Å². The van der Waals surface area contributed by atoms with Crippen molar-refractivity contribution in [2.24, 2.45) is 0 Å². The molecule has 20 heavy (non-hydrogen) atoms. The molecule has 0 N–H and O–H groups in total. The zero-order valence-corrected chi connectivity index (χ0v) is 11.2. The lowest BCUT2D eigenvalue weighted by Gasteiger charge is -2.19. The first-order valence-corrected chi connectivity index (χ1v) is 6.71. The highest BCUT2D eigenvalue weighted by atomic mass is 16.5. The van der Waals surface area contributed by atoms with Gasteiger partial charge < -0.3 is 4.74 Å². The van der Waals surface area contributed by atoms with Gasteiger partial charge in [-0.15, -0.1) is 0 Å². The number of hydrogen-bond acceptors (Lipinski definition) is 2. The number of para-hydroxylation sites is 2. The Morgan fingerprint density at radius 2 is 1.75 bits per heavy atom. The number of aromatic nitrogens is 2. The quantitative estimate of drug-likeness (QED) is 0.668. The maximum Gasteiger partial charge on any atom is 0.129 e. The number of benzene rings is 2. The van der Waals surface area contributed by atoms with Crippen LogP contribution in [0.2, 0.25) is 0 Å². The molecule has 0 fully saturated rings. The van der Waals surface area contributed by atoms with E-state index >= 15 is 0 Å². The van der Waals surface area contributed by atoms with E-state index in [2.05, 4.69) is 18.2 Å². The van der Waals surface area contributed by atoms with E-state index in [1.54, 1.807) is 0 Å². The molecule has 0 saturated carbocycles. The summed E-state index contributed by atoms with van der Waals surface area (Å²) in [5.41, 5.74) is 5.54. The van der Waals surface area contributed by atoms with Crippen LogP contribution in [-0.4, -0.2) is 9.78 Å². The average molecular weight is 262 g/mol. The Morgan fingerprint density at radius 3 is 2.60 bits per heavy atom. The second-order valence-electron chi connectivity index (χ2n) is 4.94. The molecule has 0 amide bonds. The SMILES string of the molecule is Cc1nn(-c2ccccc2)c2c1COc1ccccc1-2. The summed E-state index contributed by atoms with van der Waals surface area (Å²) in [6.45, 7) is 2.63. The summed E-state index contributed by atoms with van der Waals surface area (Å²) < 4.78 is 7.85. The fourth-order valence-electron chi connectivity index (χ4n) is 2.70. The molecular weight excluding hydrogens is 248 g/mol. The fraction of sp³-hybridized carbons (Fsp3) is 0.118. The standard InChI is InChI=1S/C17H14N2O/c1-12-15-11-20-16-10-6-5-9-14(16)17(15)19(18-12)13-7-3-2-4-8-13/h2-10H,11H2,1H3. The molecule has 0 aliphatic carbocycles. The molecule has 2 aromatic carbocycles. The minimum absolute atomic E-state index is 0.588. The molecule has 0 saturated heterocycles. The van der Waals surface area contributed by atoms with Crippen molar-refractivity contribution in [2.75, 3.05) is 0 Å². The molecule has 3 aromatic rings. The lowest BCUT2D eigenvalue weighted by molar-refractivity contribution is 0.301. The Bertz CT molecular complexity index is 775. The monoisotopic (exact) mass is 262 g/mol. The van der Waals surface area contributed by atoms with Crippen molar-refractivity contribution in [1.29, 1.82) is 0 Å². The number of ether oxygens (including phenoxy) is 1. The van der Waals surface area contributed by atoms with Crippen LogP contribution in [-0.2, 0) is 6.61 Å². The van der Waals surface area contributed by atoms with Crippen LogP contribution in [0.15, 0.2) is 54.6 Å². The van der Waals surface area contributed by atoms with Gasteiger partial charge in [0.15, 0.2) is 0 Å². The summed E-state index contributed by atoms with van der Waals surface area (Å²) in [5.74, 6) is 0.928. The first kappa shape index (κ1) is 11.3. The Morgan fingerprint density at radius 1 is 1.00 bits per heavy atom. The fourth-order valence-corrected chi connectivity index (χ4v) is 2.70. The van der Waals surface area contributed by atoms with Crippen LogP contribution in [0.3, 0.4) is 0 Å². The van der Waals surface area contributed by atoms with Gasteiger partial charge in [0.05, 0.1) is 17.1 Å². The number of fused-ring (bicyclic) bond motifs is 3. The van der Waals surface area contributed by atoms with Gasteiger partial charge in [0, 0.05) is 11.1 Å². The van der Waals surface area contributed by atoms with E-state index in [1.165, 1.54) is 5.56 Å². The summed E-state index contributed by atoms with van der Waals surface area (Å²) in [6, 6.07) is 18.4. The summed E-state index contributed by atoms with van der Waals surface area (Å²) in [4.78, 5) is 0. The van der Waals surface area contributed by atoms with Crippen molar-refractivity contribution in [1.82, 2.24) is 9.78 Å². The minimum atomic E-state index is 0.588. The third-order valence-corrected chi connectivity index (χ3v) is 3.70. The van der Waals surface area contributed by atoms with Crippen LogP contribution in [0.5, 0.6) is 5.75 Å². The van der Waals surface area contributed by atoms with Gasteiger partial charge in [-0.2, -0.15) is 5.10 Å². The number of aryl methyl sites for hydroxylation is 1. The summed E-state index contributed by atoms with van der Waals surface area (Å²) in [5, 5.41) is 4.70. The second kappa shape index (κ2) is 4.23. The summed E-state index contributed by atoms with van der Waals surface area (Å²) in [7, 11) is 0. The number of hydrogen-bond donors (Lipinski definition) is 0. The Balaban J connectivity index is 2.02. The van der Waals surface area contributed by atoms with Crippen LogP contribution in [0.4, 0.5) is 0 Å². The predicted octanol–water partition coefficient (Wildman–Crippen LogP) is 3.74. The van der Waals surface area contributed by atoms with Gasteiger partial charge in [0.1, 0.15) is 12.4 Å². The minimum Gasteiger partial charge on any atom is -0.488 e. The van der Waals surface area contributed by atoms with E-state index in [4.69, 9.17) is 9.84 Å². The van der Waals surface area contributed by atoms with E-state index in [0.29, 0.717) is 6.61 Å². The molecule has 0 atom stereocenters. The van der Waals surface area contributed by atoms with Crippen molar-refractivity contribution in [3.63, 3.8) is 0 Å². The third-order valence-electron chi connectivity index (χ3n) is 3.70. The summed E-state index contributed by atoms with van der Waals surface area (Å²) >= 11 is 0. The highest BCUT2D eigenvalue weighted by Crippen LogP contribution is 2.39. The molecule has 0 unspecified atom stereocenters. The molecule has 4 rings (SSSR count). The van der Waals surface area contributed by atoms with Crippen molar-refractivity contribution in [3.05, 3.63) is 65.9 Å². The van der Waals surface area contributed by atoms with Gasteiger partial charge >= 0.3 is 0 Å². The number of nitrogens with zero attached hydrogens (tertiary/aromatic N) is 2. The Kier molecular flexibility index (Phi) is 2.39. The lowest BCUT2D eigenvalue weighted by atomic mass is 10.0. The van der Waals surface area contributed by atoms with Gasteiger partial charge in [-0.1, -0.05) is 30.3 Å². The van der Waals surface area contributed by atoms with Crippen LogP contribution in [0.25, 0.3) is 16.9 Å². The Hall–Kier alpha value is -2.55. The molecule has 3 heteroatoms. The zero-order valence-electron chi connectivity index (χ0n) is 11.2. The van der Waals surface area contributed by atoms with E-state index in [-0.39, 0.29) is 0 Å². The molecule has 0 bridgehead atoms. The van der Waals surface area contributed by atoms with E-state index in [1.807, 2.05) is 48.0 Å².